The second-order valence-corrected chi connectivity index (χ2v) is 34.6. The minimum absolute atomic E-state index is 0.0627. The van der Waals surface area contributed by atoms with Crippen molar-refractivity contribution in [3.63, 3.8) is 0 Å². The molecule has 10 atom stereocenters. The van der Waals surface area contributed by atoms with Crippen LogP contribution in [0.15, 0.2) is 177 Å². The Balaban J connectivity index is 1.02. The van der Waals surface area contributed by atoms with Crippen LogP contribution in [0.5, 0.6) is 0 Å². The van der Waals surface area contributed by atoms with E-state index in [1.54, 1.807) is 70.3 Å². The monoisotopic (exact) mass is 1410 g/mol. The second-order valence-electron chi connectivity index (χ2n) is 26.6. The number of nitriles is 2. The third-order valence-corrected chi connectivity index (χ3v) is 26.5. The van der Waals surface area contributed by atoms with Gasteiger partial charge in [0.05, 0.1) is 81.7 Å². The zero-order chi connectivity index (χ0) is 70.8. The van der Waals surface area contributed by atoms with Crippen molar-refractivity contribution in [2.75, 3.05) is 37.1 Å². The van der Waals surface area contributed by atoms with E-state index in [0.29, 0.717) is 22.3 Å². The maximum absolute atomic E-state index is 16.7. The van der Waals surface area contributed by atoms with Crippen molar-refractivity contribution >= 4 is 70.4 Å². The van der Waals surface area contributed by atoms with Gasteiger partial charge >= 0.3 is 7.75 Å². The summed E-state index contributed by atoms with van der Waals surface area (Å²) in [5.74, 6) is -0.918. The molecule has 0 radical (unpaired) electrons. The lowest BCUT2D eigenvalue weighted by molar-refractivity contribution is -0.0447. The summed E-state index contributed by atoms with van der Waals surface area (Å²) in [5, 5.41) is 32.8. The summed E-state index contributed by atoms with van der Waals surface area (Å²) in [6.45, 7) is 19.9. The van der Waals surface area contributed by atoms with E-state index in [4.69, 9.17) is 51.9 Å². The van der Waals surface area contributed by atoms with E-state index < -0.39 is 89.8 Å². The molecule has 28 heteroatoms. The van der Waals surface area contributed by atoms with Crippen LogP contribution < -0.4 is 21.0 Å². The molecule has 4 N–H and O–H groups in total. The SMILES string of the molecule is CC(C)N(C(C)C)P(OCCC#N)OC[C@H]1O[C@@H](n2cnc3c(NC(=O)c4ccccc4)ncnc32)[C@H](O[Si](C)(C)C(C)(C)C)[C@@H]1NP(=O)(OCCC#N)OC[C@H]1O[C@@H](n2cnc3c(NC(=O)c4ccccc4)ncnc32)[C@H](C)C1NC(c1ccccc1)(c1ccccc1)c1ccccc1. The zero-order valence-corrected chi connectivity index (χ0v) is 60.4. The molecule has 5 aromatic carbocycles. The van der Waals surface area contributed by atoms with Gasteiger partial charge in [-0.05, 0) is 86.8 Å². The van der Waals surface area contributed by atoms with E-state index in [9.17, 15) is 20.1 Å². The lowest BCUT2D eigenvalue weighted by Crippen LogP contribution is -2.55. The largest absolute Gasteiger partial charge is 0.408 e. The molecule has 2 amide bonds. The summed E-state index contributed by atoms with van der Waals surface area (Å²) in [6, 6.07) is 50.3. The van der Waals surface area contributed by atoms with Crippen molar-refractivity contribution in [2.45, 2.75) is 147 Å². The van der Waals surface area contributed by atoms with Gasteiger partial charge in [-0.15, -0.1) is 0 Å². The summed E-state index contributed by atoms with van der Waals surface area (Å²) in [5.41, 5.74) is 3.75. The van der Waals surface area contributed by atoms with E-state index >= 15 is 4.57 Å². The number of anilines is 2. The predicted octanol–water partition coefficient (Wildman–Crippen LogP) is 13.2. The highest BCUT2D eigenvalue weighted by Gasteiger charge is 2.55. The van der Waals surface area contributed by atoms with Crippen LogP contribution in [0.4, 0.5) is 11.6 Å². The van der Waals surface area contributed by atoms with Crippen molar-refractivity contribution in [2.24, 2.45) is 5.92 Å². The number of nitrogens with one attached hydrogen (secondary N) is 4. The van der Waals surface area contributed by atoms with Gasteiger partial charge in [0.15, 0.2) is 48.5 Å². The Labute approximate surface area is 585 Å². The number of benzene rings is 5. The van der Waals surface area contributed by atoms with Crippen LogP contribution in [0, 0.1) is 28.6 Å². The van der Waals surface area contributed by atoms with Crippen LogP contribution in [0.2, 0.25) is 18.1 Å². The molecule has 11 rings (SSSR count). The van der Waals surface area contributed by atoms with Crippen molar-refractivity contribution in [3.8, 4) is 12.1 Å². The molecule has 6 heterocycles. The van der Waals surface area contributed by atoms with Crippen molar-refractivity contribution in [1.29, 1.82) is 10.5 Å². The third kappa shape index (κ3) is 16.0. The molecule has 0 saturated carbocycles. The number of carbonyl (C=O) groups is 2. The number of nitrogens with zero attached hydrogens (tertiary/aromatic N) is 11. The summed E-state index contributed by atoms with van der Waals surface area (Å²) in [4.78, 5) is 55.3. The van der Waals surface area contributed by atoms with E-state index in [1.807, 2.05) is 101 Å². The standard InChI is InChI=1S/C72H85N15O10P2Si/c1-48(2)87(49(3)4)98(91-40-26-38-73)92-42-56-59(62(97-100(9,10)71(6,7)8)70(96-56)86-47-80-61-64(76-45-78-66(61)86)82-68(89)52-30-18-12-19-31-52)84-99(90,93-41-27-39-74)94-43-57-58(83-72(53-32-20-13-21-33-53,54-34-22-14-23-35-54)55-36-24-15-25-37-55)50(5)69(95-57)85-46-79-60-63(75-44-77-65(60)85)81-67(88)51-28-16-11-17-29-51/h11-25,28-37,44-50,56-59,62,69-70,83H,26-27,40-43H2,1-10H3,(H,84,90)(H,75,77,81,88)(H,76,78,82,89)/t50-,56-,57-,58?,59-,62-,69-,70-,98?,99?/m1/s1. The third-order valence-electron chi connectivity index (χ3n) is 18.3. The van der Waals surface area contributed by atoms with Crippen LogP contribution in [-0.2, 0) is 42.1 Å². The summed E-state index contributed by atoms with van der Waals surface area (Å²) < 4.78 is 71.2. The molecular weight excluding hydrogens is 1320 g/mol. The molecule has 0 bridgehead atoms. The molecule has 3 unspecified atom stereocenters. The average molecular weight is 1410 g/mol. The molecule has 2 saturated heterocycles. The first-order valence-corrected chi connectivity index (χ1v) is 39.0. The molecule has 2 fully saturated rings. The van der Waals surface area contributed by atoms with Gasteiger partial charge < -0.3 is 33.6 Å². The molecule has 0 aliphatic carbocycles. The van der Waals surface area contributed by atoms with Crippen LogP contribution in [0.1, 0.15) is 118 Å². The van der Waals surface area contributed by atoms with Gasteiger partial charge in [-0.3, -0.25) is 33.1 Å². The molecule has 0 spiro atoms. The second kappa shape index (κ2) is 32.1. The number of imidazole rings is 2. The first-order chi connectivity index (χ1) is 48.1. The van der Waals surface area contributed by atoms with Crippen LogP contribution in [0.25, 0.3) is 22.3 Å². The smallest absolute Gasteiger partial charge is 0.406 e. The van der Waals surface area contributed by atoms with Crippen molar-refractivity contribution in [3.05, 3.63) is 205 Å². The highest BCUT2D eigenvalue weighted by Crippen LogP contribution is 2.53. The van der Waals surface area contributed by atoms with Crippen molar-refractivity contribution in [1.82, 2.24) is 54.1 Å². The Morgan fingerprint density at radius 2 is 1.07 bits per heavy atom. The molecule has 4 aromatic heterocycles. The normalized spacial score (nSPS) is 20.6. The number of rotatable bonds is 30. The van der Waals surface area contributed by atoms with Gasteiger partial charge in [-0.25, -0.2) is 44.2 Å². The Morgan fingerprint density at radius 3 is 1.54 bits per heavy atom. The number of hydrogen-bond acceptors (Lipinski definition) is 20. The fourth-order valence-electron chi connectivity index (χ4n) is 12.5. The Kier molecular flexibility index (Phi) is 23.4. The molecule has 100 heavy (non-hydrogen) atoms. The predicted molar refractivity (Wildman–Crippen MR) is 382 cm³/mol. The minimum Gasteiger partial charge on any atom is -0.408 e. The number of fused-ring (bicyclic) bond motifs is 2. The van der Waals surface area contributed by atoms with Gasteiger partial charge in [-0.1, -0.05) is 155 Å². The van der Waals surface area contributed by atoms with Gasteiger partial charge in [0.1, 0.15) is 31.1 Å². The highest BCUT2D eigenvalue weighted by atomic mass is 31.2. The van der Waals surface area contributed by atoms with Crippen LogP contribution >= 0.6 is 16.3 Å². The Hall–Kier alpha value is -8.40. The number of ether oxygens (including phenoxy) is 2. The average Bonchev–Trinajstić information content (AvgIpc) is 1.44. The molecule has 522 valence electrons. The van der Waals surface area contributed by atoms with Gasteiger partial charge in [-0.2, -0.15) is 10.5 Å². The first kappa shape index (κ1) is 72.8. The lowest BCUT2D eigenvalue weighted by atomic mass is 9.75. The quantitative estimate of drug-likeness (QED) is 0.0141. The fourth-order valence-corrected chi connectivity index (χ4v) is 17.0. The van der Waals surface area contributed by atoms with E-state index in [2.05, 4.69) is 118 Å². The van der Waals surface area contributed by atoms with Gasteiger partial charge in [0, 0.05) is 35.2 Å². The maximum atomic E-state index is 16.7. The Morgan fingerprint density at radius 1 is 0.620 bits per heavy atom. The van der Waals surface area contributed by atoms with Crippen LogP contribution in [0.3, 0.4) is 0 Å². The van der Waals surface area contributed by atoms with Crippen molar-refractivity contribution < 1.29 is 46.1 Å². The topological polar surface area (TPSA) is 302 Å². The van der Waals surface area contributed by atoms with Gasteiger partial charge in [0.25, 0.3) is 20.3 Å². The molecule has 2 aliphatic rings. The van der Waals surface area contributed by atoms with E-state index in [-0.39, 0.29) is 80.1 Å². The van der Waals surface area contributed by atoms with Crippen LogP contribution in [-0.4, -0.2) is 133 Å². The maximum Gasteiger partial charge on any atom is 0.406 e. The minimum atomic E-state index is -4.75. The summed E-state index contributed by atoms with van der Waals surface area (Å²) >= 11 is 0. The lowest BCUT2D eigenvalue weighted by Gasteiger charge is -2.42. The highest BCUT2D eigenvalue weighted by molar-refractivity contribution is 7.51. The first-order valence-electron chi connectivity index (χ1n) is 33.4. The molecule has 9 aromatic rings. The number of amides is 2. The Bertz CT molecular complexity index is 4250. The van der Waals surface area contributed by atoms with Gasteiger partial charge in [0.2, 0.25) is 0 Å². The molecule has 25 nitrogen and oxygen atoms in total. The number of aromatic nitrogens is 8. The molecule has 2 aliphatic heterocycles. The summed E-state index contributed by atoms with van der Waals surface area (Å²) in [7, 11) is -9.54. The zero-order valence-electron chi connectivity index (χ0n) is 57.7. The number of hydrogen-bond donors (Lipinski definition) is 4. The van der Waals surface area contributed by atoms with E-state index in [1.165, 1.54) is 12.7 Å². The number of carbonyl (C=O) groups excluding carboxylic acids is 2. The summed E-state index contributed by atoms with van der Waals surface area (Å²) in [6.07, 6.45) is 0.775. The molecular formula is C72H85N15O10P2Si. The fraction of sp³-hybridized carbons (Fsp3) is 0.389. The van der Waals surface area contributed by atoms with E-state index in [0.717, 1.165) is 16.7 Å².